The molecule has 0 saturated carbocycles. The maximum atomic E-state index is 10.3. The third-order valence-electron chi connectivity index (χ3n) is 2.94. The number of methoxy groups -OCH3 is 1. The maximum Gasteiger partial charge on any atom is 0.0917 e. The van der Waals surface area contributed by atoms with Crippen molar-refractivity contribution >= 4 is 23.2 Å². The molecule has 20 heavy (non-hydrogen) atoms. The molecule has 0 aliphatic rings. The third kappa shape index (κ3) is 5.70. The van der Waals surface area contributed by atoms with E-state index < -0.39 is 6.10 Å². The predicted molar refractivity (Wildman–Crippen MR) is 83.2 cm³/mol. The Hall–Kier alpha value is -0.760. The summed E-state index contributed by atoms with van der Waals surface area (Å²) in [6.45, 7) is 2.51. The molecular weight excluding hydrogens is 297 g/mol. The van der Waals surface area contributed by atoms with Gasteiger partial charge in [-0.25, -0.2) is 0 Å². The summed E-state index contributed by atoms with van der Waals surface area (Å²) < 4.78 is 5.06. The molecule has 110 valence electrons. The molecule has 0 aliphatic heterocycles. The van der Waals surface area contributed by atoms with E-state index in [9.17, 15) is 5.11 Å². The van der Waals surface area contributed by atoms with Crippen LogP contribution in [0.4, 0.5) is 0 Å². The standard InChI is InChI=1S/C15H19Cl2NO2/c1-3-4-7-18(8-9-20-2)11-15(19)12-5-6-13(16)14(17)10-12/h1,5-6,10,15,19H,4,7-9,11H2,2H3/t15-/m0/s1. The Labute approximate surface area is 130 Å². The lowest BCUT2D eigenvalue weighted by Crippen LogP contribution is -2.32. The molecule has 0 aromatic heterocycles. The Morgan fingerprint density at radius 3 is 2.70 bits per heavy atom. The molecule has 1 N–H and O–H groups in total. The summed E-state index contributed by atoms with van der Waals surface area (Å²) in [7, 11) is 1.65. The van der Waals surface area contributed by atoms with Crippen LogP contribution in [0.1, 0.15) is 18.1 Å². The first-order valence-corrected chi connectivity index (χ1v) is 7.11. The smallest absolute Gasteiger partial charge is 0.0917 e. The molecule has 0 amide bonds. The Morgan fingerprint density at radius 2 is 2.10 bits per heavy atom. The lowest BCUT2D eigenvalue weighted by Gasteiger charge is -2.24. The SMILES string of the molecule is C#CCCN(CCOC)C[C@H](O)c1ccc(Cl)c(Cl)c1. The molecule has 0 bridgehead atoms. The summed E-state index contributed by atoms with van der Waals surface area (Å²) in [5.74, 6) is 2.60. The highest BCUT2D eigenvalue weighted by molar-refractivity contribution is 6.42. The van der Waals surface area contributed by atoms with Crippen LogP contribution in [0.2, 0.25) is 10.0 Å². The number of terminal acetylenes is 1. The van der Waals surface area contributed by atoms with E-state index in [0.717, 1.165) is 18.7 Å². The van der Waals surface area contributed by atoms with Crippen molar-refractivity contribution in [2.75, 3.05) is 33.4 Å². The number of aliphatic hydroxyl groups excluding tert-OH is 1. The zero-order valence-corrected chi connectivity index (χ0v) is 13.0. The summed E-state index contributed by atoms with van der Waals surface area (Å²) in [6, 6.07) is 5.14. The molecule has 1 atom stereocenters. The number of halogens is 2. The quantitative estimate of drug-likeness (QED) is 0.749. The van der Waals surface area contributed by atoms with Gasteiger partial charge in [0.2, 0.25) is 0 Å². The van der Waals surface area contributed by atoms with Crippen LogP contribution in [0.25, 0.3) is 0 Å². The molecule has 0 spiro atoms. The van der Waals surface area contributed by atoms with Crippen LogP contribution < -0.4 is 0 Å². The highest BCUT2D eigenvalue weighted by atomic mass is 35.5. The van der Waals surface area contributed by atoms with Crippen molar-refractivity contribution in [1.82, 2.24) is 4.90 Å². The van der Waals surface area contributed by atoms with E-state index in [1.54, 1.807) is 25.3 Å². The van der Waals surface area contributed by atoms with Crippen LogP contribution in [-0.2, 0) is 4.74 Å². The fourth-order valence-corrected chi connectivity index (χ4v) is 2.11. The minimum atomic E-state index is -0.639. The summed E-state index contributed by atoms with van der Waals surface area (Å²) in [6.07, 6.45) is 5.28. The van der Waals surface area contributed by atoms with Crippen LogP contribution in [0.5, 0.6) is 0 Å². The number of rotatable bonds is 8. The summed E-state index contributed by atoms with van der Waals surface area (Å²) in [5.41, 5.74) is 0.738. The van der Waals surface area contributed by atoms with Crippen molar-refractivity contribution < 1.29 is 9.84 Å². The van der Waals surface area contributed by atoms with Gasteiger partial charge in [0.05, 0.1) is 22.8 Å². The van der Waals surface area contributed by atoms with Gasteiger partial charge in [0.1, 0.15) is 0 Å². The van der Waals surface area contributed by atoms with Crippen LogP contribution in [0.3, 0.4) is 0 Å². The first-order valence-electron chi connectivity index (χ1n) is 6.36. The Bertz CT molecular complexity index is 460. The van der Waals surface area contributed by atoms with Gasteiger partial charge in [0, 0.05) is 33.2 Å². The van der Waals surface area contributed by atoms with Crippen molar-refractivity contribution in [2.24, 2.45) is 0 Å². The van der Waals surface area contributed by atoms with Crippen molar-refractivity contribution in [3.63, 3.8) is 0 Å². The fraction of sp³-hybridized carbons (Fsp3) is 0.467. The Morgan fingerprint density at radius 1 is 1.35 bits per heavy atom. The van der Waals surface area contributed by atoms with E-state index in [4.69, 9.17) is 34.4 Å². The van der Waals surface area contributed by atoms with Gasteiger partial charge in [0.15, 0.2) is 0 Å². The average Bonchev–Trinajstić information content (AvgIpc) is 2.44. The van der Waals surface area contributed by atoms with Crippen LogP contribution in [0.15, 0.2) is 18.2 Å². The second-order valence-corrected chi connectivity index (χ2v) is 5.25. The van der Waals surface area contributed by atoms with E-state index in [2.05, 4.69) is 10.8 Å². The zero-order chi connectivity index (χ0) is 15.0. The first kappa shape index (κ1) is 17.3. The van der Waals surface area contributed by atoms with Crippen molar-refractivity contribution in [1.29, 1.82) is 0 Å². The Balaban J connectivity index is 2.65. The number of aliphatic hydroxyl groups is 1. The molecule has 5 heteroatoms. The van der Waals surface area contributed by atoms with E-state index in [1.807, 2.05) is 0 Å². The number of ether oxygens (including phenoxy) is 1. The summed E-state index contributed by atoms with van der Waals surface area (Å²) >= 11 is 11.8. The second kappa shape index (κ2) is 9.23. The largest absolute Gasteiger partial charge is 0.387 e. The molecular formula is C15H19Cl2NO2. The fourth-order valence-electron chi connectivity index (χ4n) is 1.81. The van der Waals surface area contributed by atoms with Crippen LogP contribution >= 0.6 is 23.2 Å². The molecule has 0 radical (unpaired) electrons. The van der Waals surface area contributed by atoms with Crippen LogP contribution in [-0.4, -0.2) is 43.4 Å². The predicted octanol–water partition coefficient (Wildman–Crippen LogP) is 3.00. The van der Waals surface area contributed by atoms with Gasteiger partial charge >= 0.3 is 0 Å². The molecule has 0 fully saturated rings. The topological polar surface area (TPSA) is 32.7 Å². The molecule has 0 aliphatic carbocycles. The minimum absolute atomic E-state index is 0.440. The maximum absolute atomic E-state index is 10.3. The number of nitrogens with zero attached hydrogens (tertiary/aromatic N) is 1. The molecule has 1 aromatic carbocycles. The minimum Gasteiger partial charge on any atom is -0.387 e. The second-order valence-electron chi connectivity index (χ2n) is 4.44. The number of hydrogen-bond acceptors (Lipinski definition) is 3. The average molecular weight is 316 g/mol. The molecule has 0 saturated heterocycles. The highest BCUT2D eigenvalue weighted by Crippen LogP contribution is 2.26. The monoisotopic (exact) mass is 315 g/mol. The van der Waals surface area contributed by atoms with Gasteiger partial charge in [0.25, 0.3) is 0 Å². The molecule has 3 nitrogen and oxygen atoms in total. The highest BCUT2D eigenvalue weighted by Gasteiger charge is 2.14. The molecule has 1 aromatic rings. The van der Waals surface area contributed by atoms with Crippen molar-refractivity contribution in [2.45, 2.75) is 12.5 Å². The summed E-state index contributed by atoms with van der Waals surface area (Å²) in [5, 5.41) is 11.2. The zero-order valence-electron chi connectivity index (χ0n) is 11.5. The number of benzene rings is 1. The van der Waals surface area contributed by atoms with Gasteiger partial charge in [-0.3, -0.25) is 4.90 Å². The van der Waals surface area contributed by atoms with E-state index in [1.165, 1.54) is 0 Å². The van der Waals surface area contributed by atoms with Gasteiger partial charge in [-0.15, -0.1) is 12.3 Å². The van der Waals surface area contributed by atoms with Gasteiger partial charge in [-0.05, 0) is 17.7 Å². The van der Waals surface area contributed by atoms with Gasteiger partial charge < -0.3 is 9.84 Å². The van der Waals surface area contributed by atoms with Gasteiger partial charge in [-0.1, -0.05) is 29.3 Å². The molecule has 0 unspecified atom stereocenters. The molecule has 1 rings (SSSR count). The van der Waals surface area contributed by atoms with Gasteiger partial charge in [-0.2, -0.15) is 0 Å². The summed E-state index contributed by atoms with van der Waals surface area (Å²) in [4.78, 5) is 2.07. The lowest BCUT2D eigenvalue weighted by atomic mass is 10.1. The lowest BCUT2D eigenvalue weighted by molar-refractivity contribution is 0.0902. The van der Waals surface area contributed by atoms with E-state index >= 15 is 0 Å². The van der Waals surface area contributed by atoms with Crippen molar-refractivity contribution in [3.8, 4) is 12.3 Å². The first-order chi connectivity index (χ1) is 9.58. The normalized spacial score (nSPS) is 12.4. The van der Waals surface area contributed by atoms with Crippen molar-refractivity contribution in [3.05, 3.63) is 33.8 Å². The van der Waals surface area contributed by atoms with E-state index in [-0.39, 0.29) is 0 Å². The molecule has 0 heterocycles. The Kier molecular flexibility index (Phi) is 7.98. The third-order valence-corrected chi connectivity index (χ3v) is 3.68. The van der Waals surface area contributed by atoms with Crippen LogP contribution in [0, 0.1) is 12.3 Å². The number of hydrogen-bond donors (Lipinski definition) is 1. The van der Waals surface area contributed by atoms with E-state index in [0.29, 0.717) is 29.6 Å².